The van der Waals surface area contributed by atoms with Crippen molar-refractivity contribution in [3.05, 3.63) is 28.5 Å². The van der Waals surface area contributed by atoms with Crippen LogP contribution in [0.3, 0.4) is 0 Å². The molecule has 0 amide bonds. The van der Waals surface area contributed by atoms with E-state index in [9.17, 15) is 17.6 Å². The van der Waals surface area contributed by atoms with Gasteiger partial charge in [-0.15, -0.1) is 0 Å². The van der Waals surface area contributed by atoms with Crippen molar-refractivity contribution in [2.24, 2.45) is 0 Å². The normalized spacial score (nSPS) is 19.4. The van der Waals surface area contributed by atoms with Gasteiger partial charge >= 0.3 is 5.97 Å². The van der Waals surface area contributed by atoms with E-state index in [0.29, 0.717) is 12.2 Å². The molecule has 21 heavy (non-hydrogen) atoms. The number of hydrogen-bond acceptors (Lipinski definition) is 4. The van der Waals surface area contributed by atoms with Gasteiger partial charge in [-0.1, -0.05) is 11.6 Å². The molecule has 1 atom stereocenters. The van der Waals surface area contributed by atoms with E-state index in [1.165, 1.54) is 0 Å². The number of carbonyl (C=O) groups is 1. The van der Waals surface area contributed by atoms with Gasteiger partial charge in [-0.05, 0) is 30.7 Å². The molecule has 0 radical (unpaired) electrons. The monoisotopic (exact) mass is 353 g/mol. The first-order valence-corrected chi connectivity index (χ1v) is 9.15. The van der Waals surface area contributed by atoms with Gasteiger partial charge < -0.3 is 5.11 Å². The Morgan fingerprint density at radius 3 is 2.76 bits per heavy atom. The van der Waals surface area contributed by atoms with Gasteiger partial charge in [0.05, 0.1) is 15.5 Å². The summed E-state index contributed by atoms with van der Waals surface area (Å²) in [7, 11) is -3.98. The van der Waals surface area contributed by atoms with Gasteiger partial charge in [-0.25, -0.2) is 22.3 Å². The molecule has 116 valence electrons. The summed E-state index contributed by atoms with van der Waals surface area (Å²) in [4.78, 5) is 10.5. The molecule has 1 heterocycles. The lowest BCUT2D eigenvalue weighted by atomic mass is 10.2. The van der Waals surface area contributed by atoms with Crippen LogP contribution in [0, 0.1) is 5.82 Å². The maximum Gasteiger partial charge on any atom is 0.337 e. The largest absolute Gasteiger partial charge is 0.478 e. The van der Waals surface area contributed by atoms with Crippen LogP contribution in [0.4, 0.5) is 4.39 Å². The predicted octanol–water partition coefficient (Wildman–Crippen LogP) is 2.35. The Labute approximate surface area is 130 Å². The van der Waals surface area contributed by atoms with Crippen LogP contribution in [-0.2, 0) is 10.0 Å². The third-order valence-electron chi connectivity index (χ3n) is 3.02. The van der Waals surface area contributed by atoms with Crippen LogP contribution in [0.25, 0.3) is 0 Å². The second-order valence-corrected chi connectivity index (χ2v) is 7.85. The van der Waals surface area contributed by atoms with Crippen molar-refractivity contribution < 1.29 is 22.7 Å². The van der Waals surface area contributed by atoms with Crippen molar-refractivity contribution in [3.63, 3.8) is 0 Å². The summed E-state index contributed by atoms with van der Waals surface area (Å²) in [5.41, 5.74) is -0.574. The smallest absolute Gasteiger partial charge is 0.337 e. The SMILES string of the molecule is O=C(O)c1cc(S(=O)(=O)NC2CCCSC2)cc(F)c1Cl. The number of carboxylic acids is 1. The van der Waals surface area contributed by atoms with Gasteiger partial charge in [-0.2, -0.15) is 11.8 Å². The average molecular weight is 354 g/mol. The zero-order valence-electron chi connectivity index (χ0n) is 10.8. The van der Waals surface area contributed by atoms with E-state index in [1.807, 2.05) is 0 Å². The highest BCUT2D eigenvalue weighted by Crippen LogP contribution is 2.25. The fourth-order valence-corrected chi connectivity index (χ4v) is 4.67. The van der Waals surface area contributed by atoms with Crippen LogP contribution >= 0.6 is 23.4 Å². The van der Waals surface area contributed by atoms with E-state index in [4.69, 9.17) is 16.7 Å². The maximum atomic E-state index is 13.6. The number of sulfonamides is 1. The van der Waals surface area contributed by atoms with Crippen LogP contribution in [-0.4, -0.2) is 37.0 Å². The highest BCUT2D eigenvalue weighted by molar-refractivity contribution is 7.99. The van der Waals surface area contributed by atoms with Crippen LogP contribution in [0.1, 0.15) is 23.2 Å². The fraction of sp³-hybridized carbons (Fsp3) is 0.417. The molecule has 9 heteroatoms. The van der Waals surface area contributed by atoms with Crippen molar-refractivity contribution in [1.29, 1.82) is 0 Å². The van der Waals surface area contributed by atoms with E-state index in [2.05, 4.69) is 4.72 Å². The molecule has 1 unspecified atom stereocenters. The molecule has 5 nitrogen and oxygen atoms in total. The second-order valence-electron chi connectivity index (χ2n) is 4.61. The van der Waals surface area contributed by atoms with E-state index in [-0.39, 0.29) is 6.04 Å². The first kappa shape index (κ1) is 16.5. The third-order valence-corrected chi connectivity index (χ3v) is 6.12. The van der Waals surface area contributed by atoms with Crippen molar-refractivity contribution in [2.45, 2.75) is 23.8 Å². The fourth-order valence-electron chi connectivity index (χ4n) is 2.00. The number of halogens is 2. The zero-order chi connectivity index (χ0) is 15.6. The molecule has 1 aromatic rings. The Kier molecular flexibility index (Phi) is 5.13. The van der Waals surface area contributed by atoms with Crippen LogP contribution < -0.4 is 4.72 Å². The van der Waals surface area contributed by atoms with Gasteiger partial charge in [0, 0.05) is 11.8 Å². The van der Waals surface area contributed by atoms with Gasteiger partial charge in [0.2, 0.25) is 10.0 Å². The summed E-state index contributed by atoms with van der Waals surface area (Å²) in [6.45, 7) is 0. The standard InChI is InChI=1S/C12H13ClFNO4S2/c13-11-9(12(16)17)4-8(5-10(11)14)21(18,19)15-7-2-1-3-20-6-7/h4-5,7,15H,1-3,6H2,(H,16,17). The lowest BCUT2D eigenvalue weighted by molar-refractivity contribution is 0.0696. The molecule has 0 aromatic heterocycles. The van der Waals surface area contributed by atoms with Crippen LogP contribution in [0.2, 0.25) is 5.02 Å². The van der Waals surface area contributed by atoms with Gasteiger partial charge in [0.25, 0.3) is 0 Å². The predicted molar refractivity (Wildman–Crippen MR) is 79.0 cm³/mol. The minimum Gasteiger partial charge on any atom is -0.478 e. The number of nitrogens with one attached hydrogen (secondary N) is 1. The van der Waals surface area contributed by atoms with Gasteiger partial charge in [0.15, 0.2) is 0 Å². The van der Waals surface area contributed by atoms with E-state index in [1.54, 1.807) is 11.8 Å². The molecule has 0 saturated carbocycles. The average Bonchev–Trinajstić information content (AvgIpc) is 2.41. The summed E-state index contributed by atoms with van der Waals surface area (Å²) in [5.74, 6) is -0.933. The summed E-state index contributed by atoms with van der Waals surface area (Å²) in [5, 5.41) is 8.33. The Morgan fingerprint density at radius 2 is 2.19 bits per heavy atom. The van der Waals surface area contributed by atoms with Crippen molar-refractivity contribution in [3.8, 4) is 0 Å². The molecule has 1 saturated heterocycles. The summed E-state index contributed by atoms with van der Waals surface area (Å²) >= 11 is 7.16. The molecule has 0 bridgehead atoms. The molecule has 1 aliphatic heterocycles. The number of benzene rings is 1. The summed E-state index contributed by atoms with van der Waals surface area (Å²) in [6, 6.07) is 1.36. The zero-order valence-corrected chi connectivity index (χ0v) is 13.2. The van der Waals surface area contributed by atoms with E-state index in [0.717, 1.165) is 24.3 Å². The summed E-state index contributed by atoms with van der Waals surface area (Å²) in [6.07, 6.45) is 1.60. The lowest BCUT2D eigenvalue weighted by Gasteiger charge is -2.22. The molecule has 2 N–H and O–H groups in total. The molecule has 1 fully saturated rings. The molecule has 1 aliphatic rings. The number of carboxylic acid groups (broad SMARTS) is 1. The molecule has 0 aliphatic carbocycles. The molecular formula is C12H13ClFNO4S2. The topological polar surface area (TPSA) is 83.5 Å². The van der Waals surface area contributed by atoms with Crippen molar-refractivity contribution >= 4 is 39.4 Å². The Hall–Kier alpha value is -0.830. The van der Waals surface area contributed by atoms with Crippen molar-refractivity contribution in [1.82, 2.24) is 4.72 Å². The molecule has 0 spiro atoms. The Bertz CT molecular complexity index is 659. The number of rotatable bonds is 4. The maximum absolute atomic E-state index is 13.6. The van der Waals surface area contributed by atoms with E-state index >= 15 is 0 Å². The van der Waals surface area contributed by atoms with Crippen LogP contribution in [0.15, 0.2) is 17.0 Å². The molecule has 1 aromatic carbocycles. The second kappa shape index (κ2) is 6.51. The molecular weight excluding hydrogens is 341 g/mol. The highest BCUT2D eigenvalue weighted by Gasteiger charge is 2.25. The quantitative estimate of drug-likeness (QED) is 0.868. The summed E-state index contributed by atoms with van der Waals surface area (Å²) < 4.78 is 40.5. The Balaban J connectivity index is 2.33. The third kappa shape index (κ3) is 3.88. The highest BCUT2D eigenvalue weighted by atomic mass is 35.5. The first-order chi connectivity index (χ1) is 9.81. The van der Waals surface area contributed by atoms with Crippen molar-refractivity contribution in [2.75, 3.05) is 11.5 Å². The lowest BCUT2D eigenvalue weighted by Crippen LogP contribution is -2.38. The van der Waals surface area contributed by atoms with E-state index < -0.39 is 37.3 Å². The van der Waals surface area contributed by atoms with Gasteiger partial charge in [-0.3, -0.25) is 0 Å². The molecule has 2 rings (SSSR count). The minimum atomic E-state index is -3.98. The number of hydrogen-bond donors (Lipinski definition) is 2. The Morgan fingerprint density at radius 1 is 1.48 bits per heavy atom. The van der Waals surface area contributed by atoms with Crippen LogP contribution in [0.5, 0.6) is 0 Å². The first-order valence-electron chi connectivity index (χ1n) is 6.13. The number of aromatic carboxylic acids is 1. The minimum absolute atomic E-state index is 0.235. The number of thioether (sulfide) groups is 1. The van der Waals surface area contributed by atoms with Gasteiger partial charge in [0.1, 0.15) is 5.82 Å².